The van der Waals surface area contributed by atoms with Crippen LogP contribution in [-0.4, -0.2) is 37.1 Å². The summed E-state index contributed by atoms with van der Waals surface area (Å²) < 4.78 is 0. The summed E-state index contributed by atoms with van der Waals surface area (Å²) in [5.74, 6) is 0.901. The lowest BCUT2D eigenvalue weighted by Gasteiger charge is -2.46. The fourth-order valence-corrected chi connectivity index (χ4v) is 4.10. The Morgan fingerprint density at radius 3 is 2.43 bits per heavy atom. The van der Waals surface area contributed by atoms with Gasteiger partial charge in [-0.1, -0.05) is 40.5 Å². The standard InChI is InChI=1S/C19H38N2/c1-15-8-7-11-19(12-15,13-20-17-9-10-17)14-21(6)16(2)18(3,4)5/h15-17,20H,7-14H2,1-6H3. The summed E-state index contributed by atoms with van der Waals surface area (Å²) in [5, 5.41) is 3.84. The van der Waals surface area contributed by atoms with Crippen LogP contribution in [0.15, 0.2) is 0 Å². The fourth-order valence-electron chi connectivity index (χ4n) is 4.10. The van der Waals surface area contributed by atoms with Gasteiger partial charge in [-0.2, -0.15) is 0 Å². The maximum Gasteiger partial charge on any atom is 0.0113 e. The van der Waals surface area contributed by atoms with Crippen LogP contribution in [0.4, 0.5) is 0 Å². The van der Waals surface area contributed by atoms with Crippen molar-refractivity contribution in [1.29, 1.82) is 0 Å². The summed E-state index contributed by atoms with van der Waals surface area (Å²) in [6, 6.07) is 1.47. The summed E-state index contributed by atoms with van der Waals surface area (Å²) in [7, 11) is 2.34. The van der Waals surface area contributed by atoms with Crippen molar-refractivity contribution < 1.29 is 0 Å². The van der Waals surface area contributed by atoms with E-state index in [1.165, 1.54) is 51.6 Å². The topological polar surface area (TPSA) is 15.3 Å². The van der Waals surface area contributed by atoms with E-state index < -0.39 is 0 Å². The van der Waals surface area contributed by atoms with Crippen molar-refractivity contribution in [2.24, 2.45) is 16.7 Å². The minimum absolute atomic E-state index is 0.361. The second-order valence-corrected chi connectivity index (χ2v) is 9.31. The van der Waals surface area contributed by atoms with Crippen molar-refractivity contribution in [3.8, 4) is 0 Å². The molecular weight excluding hydrogens is 256 g/mol. The van der Waals surface area contributed by atoms with E-state index in [0.29, 0.717) is 16.9 Å². The molecule has 1 N–H and O–H groups in total. The molecular formula is C19H38N2. The number of hydrogen-bond acceptors (Lipinski definition) is 2. The third kappa shape index (κ3) is 4.96. The molecule has 0 aromatic heterocycles. The number of rotatable bonds is 6. The van der Waals surface area contributed by atoms with E-state index in [1.807, 2.05) is 0 Å². The Morgan fingerprint density at radius 1 is 1.24 bits per heavy atom. The van der Waals surface area contributed by atoms with Crippen molar-refractivity contribution >= 4 is 0 Å². The summed E-state index contributed by atoms with van der Waals surface area (Å²) in [6.07, 6.45) is 8.49. The van der Waals surface area contributed by atoms with E-state index in [1.54, 1.807) is 0 Å². The molecule has 2 rings (SSSR count). The number of nitrogens with zero attached hydrogens (tertiary/aromatic N) is 1. The molecule has 0 amide bonds. The molecule has 0 bridgehead atoms. The predicted octanol–water partition coefficient (Wildman–Crippen LogP) is 4.30. The zero-order chi connectivity index (χ0) is 15.7. The molecule has 2 nitrogen and oxygen atoms in total. The quantitative estimate of drug-likeness (QED) is 0.785. The Hall–Kier alpha value is -0.0800. The van der Waals surface area contributed by atoms with Crippen molar-refractivity contribution in [3.05, 3.63) is 0 Å². The maximum absolute atomic E-state index is 3.84. The van der Waals surface area contributed by atoms with Gasteiger partial charge in [-0.15, -0.1) is 0 Å². The van der Waals surface area contributed by atoms with Gasteiger partial charge in [0.25, 0.3) is 0 Å². The third-order valence-corrected chi connectivity index (χ3v) is 6.03. The Kier molecular flexibility index (Phi) is 5.41. The van der Waals surface area contributed by atoms with Gasteiger partial charge in [0.05, 0.1) is 0 Å². The zero-order valence-corrected chi connectivity index (χ0v) is 15.3. The summed E-state index contributed by atoms with van der Waals surface area (Å²) >= 11 is 0. The molecule has 0 aromatic carbocycles. The van der Waals surface area contributed by atoms with Gasteiger partial charge in [0.1, 0.15) is 0 Å². The number of hydrogen-bond donors (Lipinski definition) is 1. The molecule has 2 fully saturated rings. The van der Waals surface area contributed by atoms with Crippen LogP contribution in [0.25, 0.3) is 0 Å². The summed E-state index contributed by atoms with van der Waals surface area (Å²) in [5.41, 5.74) is 0.870. The van der Waals surface area contributed by atoms with E-state index in [-0.39, 0.29) is 0 Å². The highest BCUT2D eigenvalue weighted by molar-refractivity contribution is 4.94. The van der Waals surface area contributed by atoms with Crippen LogP contribution in [0, 0.1) is 16.7 Å². The molecule has 3 unspecified atom stereocenters. The second kappa shape index (κ2) is 6.58. The first kappa shape index (κ1) is 17.3. The van der Waals surface area contributed by atoms with Crippen LogP contribution in [-0.2, 0) is 0 Å². The van der Waals surface area contributed by atoms with Crippen molar-refractivity contribution in [2.75, 3.05) is 20.1 Å². The van der Waals surface area contributed by atoms with E-state index in [2.05, 4.69) is 51.9 Å². The zero-order valence-electron chi connectivity index (χ0n) is 15.3. The number of nitrogens with one attached hydrogen (secondary N) is 1. The molecule has 3 atom stereocenters. The van der Waals surface area contributed by atoms with Crippen LogP contribution in [0.3, 0.4) is 0 Å². The van der Waals surface area contributed by atoms with E-state index in [9.17, 15) is 0 Å². The minimum Gasteiger partial charge on any atom is -0.313 e. The van der Waals surface area contributed by atoms with Crippen LogP contribution < -0.4 is 5.32 Å². The Bertz CT molecular complexity index is 329. The van der Waals surface area contributed by atoms with E-state index in [0.717, 1.165) is 12.0 Å². The molecule has 21 heavy (non-hydrogen) atoms. The average Bonchev–Trinajstić information content (AvgIpc) is 3.18. The van der Waals surface area contributed by atoms with Crippen LogP contribution in [0.5, 0.6) is 0 Å². The van der Waals surface area contributed by atoms with Crippen molar-refractivity contribution in [3.63, 3.8) is 0 Å². The Labute approximate surface area is 133 Å². The minimum atomic E-state index is 0.361. The molecule has 2 aliphatic carbocycles. The van der Waals surface area contributed by atoms with E-state index >= 15 is 0 Å². The lowest BCUT2D eigenvalue weighted by Crippen LogP contribution is -2.50. The van der Waals surface area contributed by atoms with E-state index in [4.69, 9.17) is 0 Å². The van der Waals surface area contributed by atoms with Gasteiger partial charge in [0.2, 0.25) is 0 Å². The summed E-state index contributed by atoms with van der Waals surface area (Å²) in [6.45, 7) is 14.5. The van der Waals surface area contributed by atoms with Gasteiger partial charge in [0.15, 0.2) is 0 Å². The van der Waals surface area contributed by atoms with Gasteiger partial charge >= 0.3 is 0 Å². The molecule has 0 aliphatic heterocycles. The monoisotopic (exact) mass is 294 g/mol. The maximum atomic E-state index is 3.84. The highest BCUT2D eigenvalue weighted by Crippen LogP contribution is 2.41. The molecule has 0 radical (unpaired) electrons. The molecule has 124 valence electrons. The van der Waals surface area contributed by atoms with Crippen molar-refractivity contribution in [2.45, 2.75) is 85.2 Å². The van der Waals surface area contributed by atoms with Gasteiger partial charge in [-0.25, -0.2) is 0 Å². The van der Waals surface area contributed by atoms with Crippen LogP contribution in [0.1, 0.15) is 73.1 Å². The first-order chi connectivity index (χ1) is 9.72. The normalized spacial score (nSPS) is 32.4. The molecule has 0 heterocycles. The lowest BCUT2D eigenvalue weighted by molar-refractivity contribution is 0.0466. The molecule has 0 aromatic rings. The van der Waals surface area contributed by atoms with Gasteiger partial charge in [-0.05, 0) is 56.4 Å². The van der Waals surface area contributed by atoms with Crippen LogP contribution in [0.2, 0.25) is 0 Å². The molecule has 0 saturated heterocycles. The van der Waals surface area contributed by atoms with Crippen LogP contribution >= 0.6 is 0 Å². The Morgan fingerprint density at radius 2 is 1.90 bits per heavy atom. The molecule has 2 heteroatoms. The lowest BCUT2D eigenvalue weighted by atomic mass is 9.69. The highest BCUT2D eigenvalue weighted by Gasteiger charge is 2.39. The molecule has 2 saturated carbocycles. The van der Waals surface area contributed by atoms with Crippen molar-refractivity contribution in [1.82, 2.24) is 10.2 Å². The smallest absolute Gasteiger partial charge is 0.0113 e. The second-order valence-electron chi connectivity index (χ2n) is 9.31. The third-order valence-electron chi connectivity index (χ3n) is 6.03. The Balaban J connectivity index is 2.00. The molecule has 0 spiro atoms. The SMILES string of the molecule is CC1CCCC(CNC2CC2)(CN(C)C(C)C(C)(C)C)C1. The highest BCUT2D eigenvalue weighted by atomic mass is 15.1. The first-order valence-corrected chi connectivity index (χ1v) is 9.15. The largest absolute Gasteiger partial charge is 0.313 e. The average molecular weight is 295 g/mol. The predicted molar refractivity (Wildman–Crippen MR) is 92.6 cm³/mol. The van der Waals surface area contributed by atoms with Gasteiger partial charge in [-0.3, -0.25) is 0 Å². The fraction of sp³-hybridized carbons (Fsp3) is 1.00. The van der Waals surface area contributed by atoms with Gasteiger partial charge < -0.3 is 10.2 Å². The van der Waals surface area contributed by atoms with Gasteiger partial charge in [0, 0.05) is 25.2 Å². The first-order valence-electron chi connectivity index (χ1n) is 9.15. The summed E-state index contributed by atoms with van der Waals surface area (Å²) in [4.78, 5) is 2.63. The molecule has 2 aliphatic rings.